The van der Waals surface area contributed by atoms with Gasteiger partial charge in [0, 0.05) is 17.7 Å². The molecular weight excluding hydrogens is 426 g/mol. The molecular formula is C28H27N3O3. The molecule has 3 aromatic carbocycles. The maximum absolute atomic E-state index is 13.6. The zero-order chi connectivity index (χ0) is 23.5. The van der Waals surface area contributed by atoms with Gasteiger partial charge in [0.1, 0.15) is 17.2 Å². The highest BCUT2D eigenvalue weighted by atomic mass is 16.5. The third kappa shape index (κ3) is 4.03. The fourth-order valence-corrected chi connectivity index (χ4v) is 4.58. The number of fused-ring (bicyclic) bond motifs is 1. The second kappa shape index (κ2) is 9.43. The van der Waals surface area contributed by atoms with Crippen molar-refractivity contribution in [3.8, 4) is 22.8 Å². The van der Waals surface area contributed by atoms with E-state index < -0.39 is 0 Å². The lowest BCUT2D eigenvalue weighted by Crippen LogP contribution is -2.31. The van der Waals surface area contributed by atoms with Gasteiger partial charge in [-0.2, -0.15) is 5.10 Å². The first-order valence-corrected chi connectivity index (χ1v) is 11.5. The maximum Gasteiger partial charge on any atom is 0.273 e. The van der Waals surface area contributed by atoms with Crippen LogP contribution in [0.2, 0.25) is 0 Å². The first-order chi connectivity index (χ1) is 16.7. The Bertz CT molecular complexity index is 1280. The molecule has 0 saturated carbocycles. The Balaban J connectivity index is 1.57. The van der Waals surface area contributed by atoms with Gasteiger partial charge in [-0.3, -0.25) is 9.89 Å². The summed E-state index contributed by atoms with van der Waals surface area (Å²) in [6.07, 6.45) is 0.768. The fraction of sp³-hybridized carbons (Fsp3) is 0.214. The van der Waals surface area contributed by atoms with Gasteiger partial charge in [-0.25, -0.2) is 0 Å². The van der Waals surface area contributed by atoms with E-state index in [2.05, 4.69) is 28.4 Å². The van der Waals surface area contributed by atoms with E-state index in [0.29, 0.717) is 18.8 Å². The van der Waals surface area contributed by atoms with Crippen LogP contribution in [0.5, 0.6) is 11.5 Å². The summed E-state index contributed by atoms with van der Waals surface area (Å²) in [4.78, 5) is 15.5. The zero-order valence-electron chi connectivity index (χ0n) is 19.3. The number of methoxy groups -OCH3 is 1. The van der Waals surface area contributed by atoms with Gasteiger partial charge in [-0.15, -0.1) is 0 Å². The number of benzene rings is 3. The molecule has 6 heteroatoms. The molecule has 1 aliphatic rings. The van der Waals surface area contributed by atoms with Crippen molar-refractivity contribution in [1.82, 2.24) is 15.1 Å². The predicted molar refractivity (Wildman–Crippen MR) is 131 cm³/mol. The summed E-state index contributed by atoms with van der Waals surface area (Å²) in [5.41, 5.74) is 5.35. The van der Waals surface area contributed by atoms with E-state index in [1.54, 1.807) is 7.11 Å². The fourth-order valence-electron chi connectivity index (χ4n) is 4.58. The quantitative estimate of drug-likeness (QED) is 0.395. The molecule has 172 valence electrons. The van der Waals surface area contributed by atoms with Crippen LogP contribution in [0.3, 0.4) is 0 Å². The van der Waals surface area contributed by atoms with Crippen LogP contribution in [0.4, 0.5) is 0 Å². The Kier molecular flexibility index (Phi) is 6.04. The van der Waals surface area contributed by atoms with Gasteiger partial charge >= 0.3 is 0 Å². The molecule has 1 amide bonds. The number of hydrogen-bond donors (Lipinski definition) is 1. The third-order valence-electron chi connectivity index (χ3n) is 6.20. The number of aromatic nitrogens is 2. The van der Waals surface area contributed by atoms with Crippen LogP contribution in [0, 0.1) is 0 Å². The molecule has 1 aliphatic heterocycles. The molecule has 0 saturated heterocycles. The number of carbonyl (C=O) groups is 1. The van der Waals surface area contributed by atoms with Gasteiger partial charge in [-0.1, -0.05) is 42.5 Å². The highest BCUT2D eigenvalue weighted by Gasteiger charge is 2.42. The lowest BCUT2D eigenvalue weighted by molar-refractivity contribution is 0.0745. The van der Waals surface area contributed by atoms with E-state index in [9.17, 15) is 4.79 Å². The second-order valence-electron chi connectivity index (χ2n) is 8.23. The zero-order valence-corrected chi connectivity index (χ0v) is 19.3. The monoisotopic (exact) mass is 453 g/mol. The van der Waals surface area contributed by atoms with Crippen molar-refractivity contribution in [3.63, 3.8) is 0 Å². The smallest absolute Gasteiger partial charge is 0.273 e. The third-order valence-corrected chi connectivity index (χ3v) is 6.20. The molecule has 1 aromatic heterocycles. The van der Waals surface area contributed by atoms with E-state index in [-0.39, 0.29) is 11.9 Å². The second-order valence-corrected chi connectivity index (χ2v) is 8.23. The highest BCUT2D eigenvalue weighted by Crippen LogP contribution is 2.43. The first-order valence-electron chi connectivity index (χ1n) is 11.5. The van der Waals surface area contributed by atoms with Gasteiger partial charge in [0.05, 0.1) is 25.5 Å². The average molecular weight is 454 g/mol. The Morgan fingerprint density at radius 2 is 1.76 bits per heavy atom. The summed E-state index contributed by atoms with van der Waals surface area (Å²) in [7, 11) is 1.64. The van der Waals surface area contributed by atoms with Crippen molar-refractivity contribution in [3.05, 3.63) is 101 Å². The van der Waals surface area contributed by atoms with E-state index in [4.69, 9.17) is 9.47 Å². The predicted octanol–water partition coefficient (Wildman–Crippen LogP) is 5.27. The largest absolute Gasteiger partial charge is 0.497 e. The standard InChI is InChI=1S/C28H27N3O3/c1-3-34-23-11-7-10-21(18-23)27-24-25(20-12-14-22(33-2)15-13-20)29-30-26(24)28(32)31(27)17-16-19-8-5-4-6-9-19/h4-15,18,27H,3,16-17H2,1-2H3,(H,29,30). The molecule has 0 spiro atoms. The summed E-state index contributed by atoms with van der Waals surface area (Å²) in [6, 6.07) is 25.7. The van der Waals surface area contributed by atoms with Crippen molar-refractivity contribution < 1.29 is 14.3 Å². The summed E-state index contributed by atoms with van der Waals surface area (Å²) >= 11 is 0. The summed E-state index contributed by atoms with van der Waals surface area (Å²) < 4.78 is 11.1. The number of H-pyrrole nitrogens is 1. The Morgan fingerprint density at radius 1 is 0.971 bits per heavy atom. The molecule has 0 radical (unpaired) electrons. The molecule has 34 heavy (non-hydrogen) atoms. The minimum absolute atomic E-state index is 0.0370. The molecule has 5 rings (SSSR count). The van der Waals surface area contributed by atoms with Crippen LogP contribution < -0.4 is 9.47 Å². The lowest BCUT2D eigenvalue weighted by Gasteiger charge is -2.27. The molecule has 1 atom stereocenters. The van der Waals surface area contributed by atoms with E-state index >= 15 is 0 Å². The number of amides is 1. The lowest BCUT2D eigenvalue weighted by atomic mass is 9.95. The van der Waals surface area contributed by atoms with Gasteiger partial charge in [0.15, 0.2) is 0 Å². The van der Waals surface area contributed by atoms with Gasteiger partial charge in [0.25, 0.3) is 5.91 Å². The van der Waals surface area contributed by atoms with Crippen LogP contribution in [0.25, 0.3) is 11.3 Å². The number of hydrogen-bond acceptors (Lipinski definition) is 4. The molecule has 6 nitrogen and oxygen atoms in total. The number of nitrogens with one attached hydrogen (secondary N) is 1. The van der Waals surface area contributed by atoms with Gasteiger partial charge in [0.2, 0.25) is 0 Å². The maximum atomic E-state index is 13.6. The molecule has 0 fully saturated rings. The van der Waals surface area contributed by atoms with E-state index in [1.165, 1.54) is 5.56 Å². The summed E-state index contributed by atoms with van der Waals surface area (Å²) in [6.45, 7) is 3.14. The molecule has 0 bridgehead atoms. The van der Waals surface area contributed by atoms with Gasteiger partial charge in [-0.05, 0) is 60.9 Å². The number of nitrogens with zero attached hydrogens (tertiary/aromatic N) is 2. The number of carbonyl (C=O) groups excluding carboxylic acids is 1. The van der Waals surface area contributed by atoms with Crippen molar-refractivity contribution in [2.45, 2.75) is 19.4 Å². The molecule has 2 heterocycles. The highest BCUT2D eigenvalue weighted by molar-refractivity contribution is 6.00. The van der Waals surface area contributed by atoms with Crippen LogP contribution in [-0.2, 0) is 6.42 Å². The minimum atomic E-state index is -0.262. The Morgan fingerprint density at radius 3 is 2.50 bits per heavy atom. The van der Waals surface area contributed by atoms with Crippen LogP contribution in [0.15, 0.2) is 78.9 Å². The van der Waals surface area contributed by atoms with Crippen molar-refractivity contribution in [2.24, 2.45) is 0 Å². The number of rotatable bonds is 8. The van der Waals surface area contributed by atoms with E-state index in [1.807, 2.05) is 72.5 Å². The van der Waals surface area contributed by atoms with Gasteiger partial charge < -0.3 is 14.4 Å². The van der Waals surface area contributed by atoms with Crippen molar-refractivity contribution in [1.29, 1.82) is 0 Å². The first kappa shape index (κ1) is 21.8. The summed E-state index contributed by atoms with van der Waals surface area (Å²) in [5, 5.41) is 7.58. The minimum Gasteiger partial charge on any atom is -0.497 e. The van der Waals surface area contributed by atoms with E-state index in [0.717, 1.165) is 40.3 Å². The van der Waals surface area contributed by atoms with Crippen LogP contribution in [0.1, 0.15) is 40.1 Å². The molecule has 4 aromatic rings. The summed E-state index contributed by atoms with van der Waals surface area (Å²) in [5.74, 6) is 1.53. The average Bonchev–Trinajstić information content (AvgIpc) is 3.42. The molecule has 1 N–H and O–H groups in total. The Hall–Kier alpha value is -4.06. The number of aromatic amines is 1. The topological polar surface area (TPSA) is 67.5 Å². The Labute approximate surface area is 199 Å². The number of ether oxygens (including phenoxy) is 2. The normalized spacial score (nSPS) is 14.8. The van der Waals surface area contributed by atoms with Crippen LogP contribution >= 0.6 is 0 Å². The van der Waals surface area contributed by atoms with Crippen molar-refractivity contribution >= 4 is 5.91 Å². The molecule has 0 aliphatic carbocycles. The molecule has 1 unspecified atom stereocenters. The van der Waals surface area contributed by atoms with Crippen LogP contribution in [-0.4, -0.2) is 41.3 Å². The van der Waals surface area contributed by atoms with Crippen molar-refractivity contribution in [2.75, 3.05) is 20.3 Å². The SMILES string of the molecule is CCOc1cccc(C2c3c(-c4ccc(OC)cc4)n[nH]c3C(=O)N2CCc2ccccc2)c1.